The molecule has 1 N–H and O–H groups in total. The first-order valence-electron chi connectivity index (χ1n) is 14.1. The summed E-state index contributed by atoms with van der Waals surface area (Å²) in [4.78, 5) is 2.58. The van der Waals surface area contributed by atoms with Crippen LogP contribution in [0.1, 0.15) is 84.1 Å². The highest BCUT2D eigenvalue weighted by atomic mass is 16.5. The second-order valence-corrected chi connectivity index (χ2v) is 13.0. The van der Waals surface area contributed by atoms with Gasteiger partial charge in [0.15, 0.2) is 0 Å². The third-order valence-corrected chi connectivity index (χ3v) is 11.9. The summed E-state index contributed by atoms with van der Waals surface area (Å²) in [6.45, 7) is 9.39. The zero-order chi connectivity index (χ0) is 23.7. The van der Waals surface area contributed by atoms with Crippen LogP contribution in [-0.4, -0.2) is 36.0 Å². The number of aliphatic hydroxyl groups is 1. The van der Waals surface area contributed by atoms with Crippen molar-refractivity contribution in [3.8, 4) is 11.5 Å². The maximum atomic E-state index is 10.3. The van der Waals surface area contributed by atoms with Crippen molar-refractivity contribution in [2.45, 2.75) is 97.2 Å². The van der Waals surface area contributed by atoms with Crippen LogP contribution in [0.2, 0.25) is 0 Å². The van der Waals surface area contributed by atoms with Crippen molar-refractivity contribution in [2.75, 3.05) is 13.8 Å². The molecule has 0 aromatic heterocycles. The Morgan fingerprint density at radius 3 is 2.65 bits per heavy atom. The lowest BCUT2D eigenvalue weighted by Gasteiger charge is -2.61. The van der Waals surface area contributed by atoms with Crippen LogP contribution in [0.4, 0.5) is 0 Å². The van der Waals surface area contributed by atoms with Crippen molar-refractivity contribution in [3.05, 3.63) is 23.8 Å². The molecule has 34 heavy (non-hydrogen) atoms. The van der Waals surface area contributed by atoms with Gasteiger partial charge in [-0.3, -0.25) is 4.90 Å². The summed E-state index contributed by atoms with van der Waals surface area (Å²) in [5, 5.41) is 10.3. The minimum Gasteiger partial charge on any atom is -0.497 e. The molecule has 4 fully saturated rings. The Kier molecular flexibility index (Phi) is 5.72. The summed E-state index contributed by atoms with van der Waals surface area (Å²) in [6, 6.07) is 6.74. The Hall–Kier alpha value is -1.26. The molecular formula is C30H45NO3. The molecule has 1 heterocycles. The Morgan fingerprint density at radius 1 is 1.03 bits per heavy atom. The summed E-state index contributed by atoms with van der Waals surface area (Å²) in [5.41, 5.74) is 2.18. The van der Waals surface area contributed by atoms with Crippen molar-refractivity contribution in [1.82, 2.24) is 4.90 Å². The molecule has 6 rings (SSSR count). The molecule has 1 unspecified atom stereocenters. The van der Waals surface area contributed by atoms with Crippen molar-refractivity contribution >= 4 is 0 Å². The van der Waals surface area contributed by atoms with E-state index in [2.05, 4.69) is 37.8 Å². The van der Waals surface area contributed by atoms with Crippen LogP contribution in [0.15, 0.2) is 18.2 Å². The van der Waals surface area contributed by atoms with Gasteiger partial charge in [0, 0.05) is 18.2 Å². The fourth-order valence-electron chi connectivity index (χ4n) is 9.95. The maximum Gasteiger partial charge on any atom is 0.142 e. The quantitative estimate of drug-likeness (QED) is 0.570. The third kappa shape index (κ3) is 3.45. The number of rotatable bonds is 3. The van der Waals surface area contributed by atoms with Crippen LogP contribution in [0.25, 0.3) is 0 Å². The van der Waals surface area contributed by atoms with Crippen molar-refractivity contribution in [3.63, 3.8) is 0 Å². The highest BCUT2D eigenvalue weighted by Crippen LogP contribution is 2.68. The normalized spacial score (nSPS) is 44.7. The predicted molar refractivity (Wildman–Crippen MR) is 135 cm³/mol. The molecule has 188 valence electrons. The topological polar surface area (TPSA) is 41.9 Å². The van der Waals surface area contributed by atoms with E-state index in [9.17, 15) is 5.11 Å². The summed E-state index contributed by atoms with van der Waals surface area (Å²) < 4.78 is 11.7. The molecule has 0 saturated heterocycles. The van der Waals surface area contributed by atoms with E-state index >= 15 is 0 Å². The zero-order valence-corrected chi connectivity index (χ0v) is 21.8. The van der Waals surface area contributed by atoms with E-state index in [0.717, 1.165) is 60.5 Å². The second kappa shape index (κ2) is 8.40. The minimum absolute atomic E-state index is 0.0444. The molecule has 1 aliphatic heterocycles. The van der Waals surface area contributed by atoms with E-state index in [4.69, 9.17) is 9.47 Å². The number of aliphatic hydroxyl groups excluding tert-OH is 1. The van der Waals surface area contributed by atoms with Crippen LogP contribution in [0.5, 0.6) is 11.5 Å². The molecule has 4 nitrogen and oxygen atoms in total. The maximum absolute atomic E-state index is 10.3. The standard InChI is InChI=1S/C30H45NO3/c1-19(31-17-20-15-23(33-4)6-10-28(20)34-18-31)25-8-9-26-24-7-5-21-16-22(32)11-13-29(21,2)27(24)12-14-30(25,26)3/h6,10,15,19,21-22,24-27,32H,5,7-9,11-14,16-18H2,1-4H3/t19?,21-,22-,24-,25+,26-,27-,29-,30+/m0/s1. The lowest BCUT2D eigenvalue weighted by atomic mass is 9.44. The largest absolute Gasteiger partial charge is 0.497 e. The van der Waals surface area contributed by atoms with Crippen molar-refractivity contribution in [2.24, 2.45) is 40.4 Å². The van der Waals surface area contributed by atoms with E-state index in [1.165, 1.54) is 50.5 Å². The molecule has 5 aliphatic rings. The number of fused-ring (bicyclic) bond motifs is 6. The van der Waals surface area contributed by atoms with Gasteiger partial charge in [-0.1, -0.05) is 13.8 Å². The number of hydrogen-bond acceptors (Lipinski definition) is 4. The molecule has 1 aromatic rings. The van der Waals surface area contributed by atoms with Crippen molar-refractivity contribution < 1.29 is 14.6 Å². The smallest absolute Gasteiger partial charge is 0.142 e. The van der Waals surface area contributed by atoms with Crippen LogP contribution in [-0.2, 0) is 6.54 Å². The Morgan fingerprint density at radius 2 is 1.82 bits per heavy atom. The predicted octanol–water partition coefficient (Wildman–Crippen LogP) is 6.26. The summed E-state index contributed by atoms with van der Waals surface area (Å²) in [5.74, 6) is 6.08. The van der Waals surface area contributed by atoms with E-state index < -0.39 is 0 Å². The Labute approximate surface area is 206 Å². The number of benzene rings is 1. The van der Waals surface area contributed by atoms with Gasteiger partial charge in [-0.15, -0.1) is 0 Å². The van der Waals surface area contributed by atoms with Crippen LogP contribution < -0.4 is 9.47 Å². The lowest BCUT2D eigenvalue weighted by molar-refractivity contribution is -0.131. The molecule has 0 amide bonds. The average Bonchev–Trinajstić information content (AvgIpc) is 3.20. The summed E-state index contributed by atoms with van der Waals surface area (Å²) in [7, 11) is 1.74. The average molecular weight is 468 g/mol. The highest BCUT2D eigenvalue weighted by Gasteiger charge is 2.61. The van der Waals surface area contributed by atoms with Gasteiger partial charge in [0.2, 0.25) is 0 Å². The molecule has 0 bridgehead atoms. The minimum atomic E-state index is -0.0444. The summed E-state index contributed by atoms with van der Waals surface area (Å²) >= 11 is 0. The number of hydrogen-bond donors (Lipinski definition) is 1. The van der Waals surface area contributed by atoms with E-state index in [-0.39, 0.29) is 6.10 Å². The first-order valence-corrected chi connectivity index (χ1v) is 14.1. The number of nitrogens with zero attached hydrogens (tertiary/aromatic N) is 1. The lowest BCUT2D eigenvalue weighted by Crippen LogP contribution is -2.55. The number of methoxy groups -OCH3 is 1. The van der Waals surface area contributed by atoms with Crippen LogP contribution in [0, 0.1) is 40.4 Å². The van der Waals surface area contributed by atoms with Crippen molar-refractivity contribution in [1.29, 1.82) is 0 Å². The van der Waals surface area contributed by atoms with Crippen LogP contribution in [0.3, 0.4) is 0 Å². The molecule has 4 heteroatoms. The van der Waals surface area contributed by atoms with Gasteiger partial charge < -0.3 is 14.6 Å². The van der Waals surface area contributed by atoms with E-state index in [0.29, 0.717) is 23.6 Å². The Balaban J connectivity index is 1.20. The van der Waals surface area contributed by atoms with Gasteiger partial charge in [0.05, 0.1) is 13.2 Å². The first-order chi connectivity index (χ1) is 16.3. The molecule has 0 radical (unpaired) electrons. The van der Waals surface area contributed by atoms with Gasteiger partial charge in [0.1, 0.15) is 18.2 Å². The molecule has 9 atom stereocenters. The van der Waals surface area contributed by atoms with Gasteiger partial charge in [-0.25, -0.2) is 0 Å². The highest BCUT2D eigenvalue weighted by molar-refractivity contribution is 5.41. The van der Waals surface area contributed by atoms with E-state index in [1.54, 1.807) is 7.11 Å². The third-order valence-electron chi connectivity index (χ3n) is 11.9. The molecule has 4 saturated carbocycles. The fraction of sp³-hybridized carbons (Fsp3) is 0.800. The molecule has 0 spiro atoms. The second-order valence-electron chi connectivity index (χ2n) is 13.0. The number of ether oxygens (including phenoxy) is 2. The van der Waals surface area contributed by atoms with Crippen LogP contribution >= 0.6 is 0 Å². The van der Waals surface area contributed by atoms with E-state index in [1.807, 2.05) is 6.07 Å². The van der Waals surface area contributed by atoms with Gasteiger partial charge in [-0.2, -0.15) is 0 Å². The monoisotopic (exact) mass is 467 g/mol. The van der Waals surface area contributed by atoms with Gasteiger partial charge in [0.25, 0.3) is 0 Å². The van der Waals surface area contributed by atoms with Gasteiger partial charge in [-0.05, 0) is 123 Å². The summed E-state index contributed by atoms with van der Waals surface area (Å²) in [6.07, 6.45) is 11.6. The van der Waals surface area contributed by atoms with Gasteiger partial charge >= 0.3 is 0 Å². The Bertz CT molecular complexity index is 918. The molecule has 4 aliphatic carbocycles. The fourth-order valence-corrected chi connectivity index (χ4v) is 9.95. The molecule has 1 aromatic carbocycles. The zero-order valence-electron chi connectivity index (χ0n) is 21.8. The first kappa shape index (κ1) is 23.2. The SMILES string of the molecule is COc1ccc2c(c1)CN(C(C)[C@H]1CC[C@H]3[C@@H]4CC[C@H]5C[C@@H](O)CC[C@]5(C)[C@H]4CC[C@]13C)CO2. The molecular weight excluding hydrogens is 422 g/mol.